The maximum atomic E-state index is 11.1. The molecule has 0 aromatic heterocycles. The van der Waals surface area contributed by atoms with Crippen LogP contribution in [0.3, 0.4) is 0 Å². The Balaban J connectivity index is 2.33. The van der Waals surface area contributed by atoms with Crippen LogP contribution in [0.5, 0.6) is 5.75 Å². The summed E-state index contributed by atoms with van der Waals surface area (Å²) in [6, 6.07) is 7.68. The van der Waals surface area contributed by atoms with Gasteiger partial charge in [0.05, 0.1) is 12.7 Å². The van der Waals surface area contributed by atoms with Gasteiger partial charge in [0.1, 0.15) is 5.75 Å². The van der Waals surface area contributed by atoms with Gasteiger partial charge in [-0.1, -0.05) is 19.1 Å². The lowest BCUT2D eigenvalue weighted by atomic mass is 9.67. The Morgan fingerprint density at radius 2 is 2.05 bits per heavy atom. The van der Waals surface area contributed by atoms with Crippen LogP contribution in [0.2, 0.25) is 0 Å². The summed E-state index contributed by atoms with van der Waals surface area (Å²) in [5.41, 5.74) is 5.85. The van der Waals surface area contributed by atoms with E-state index in [4.69, 9.17) is 10.5 Å². The van der Waals surface area contributed by atoms with E-state index < -0.39 is 5.60 Å². The second-order valence-corrected chi connectivity index (χ2v) is 6.13. The van der Waals surface area contributed by atoms with Crippen molar-refractivity contribution < 1.29 is 9.84 Å². The van der Waals surface area contributed by atoms with Crippen molar-refractivity contribution in [2.24, 2.45) is 17.1 Å². The van der Waals surface area contributed by atoms with Gasteiger partial charge in [-0.05, 0) is 49.8 Å². The van der Waals surface area contributed by atoms with Crippen LogP contribution in [-0.2, 0) is 5.60 Å². The molecule has 0 bridgehead atoms. The molecule has 3 nitrogen and oxygen atoms in total. The molecular formula is C16H25NO2. The molecule has 1 fully saturated rings. The summed E-state index contributed by atoms with van der Waals surface area (Å²) >= 11 is 0. The van der Waals surface area contributed by atoms with Crippen molar-refractivity contribution in [3.63, 3.8) is 0 Å². The highest BCUT2D eigenvalue weighted by atomic mass is 16.5. The normalized spacial score (nSPS) is 30.1. The zero-order chi connectivity index (χ0) is 14.1. The summed E-state index contributed by atoms with van der Waals surface area (Å²) in [5.74, 6) is 1.44. The monoisotopic (exact) mass is 263 g/mol. The standard InChI is InChI=1S/C16H25NO2/c1-12-8-9-16(10-12,11-17)15(2,18)13-4-6-14(19-3)7-5-13/h4-7,12,18H,8-11,17H2,1-3H3. The number of aliphatic hydroxyl groups is 1. The van der Waals surface area contributed by atoms with Crippen molar-refractivity contribution in [3.8, 4) is 5.75 Å². The van der Waals surface area contributed by atoms with E-state index in [0.29, 0.717) is 12.5 Å². The summed E-state index contributed by atoms with van der Waals surface area (Å²) in [5, 5.41) is 11.1. The number of hydrogen-bond acceptors (Lipinski definition) is 3. The van der Waals surface area contributed by atoms with Gasteiger partial charge in [0, 0.05) is 12.0 Å². The smallest absolute Gasteiger partial charge is 0.118 e. The lowest BCUT2D eigenvalue weighted by Gasteiger charge is -2.43. The minimum Gasteiger partial charge on any atom is -0.497 e. The maximum Gasteiger partial charge on any atom is 0.118 e. The second kappa shape index (κ2) is 5.14. The number of methoxy groups -OCH3 is 1. The Labute approximate surface area is 115 Å². The van der Waals surface area contributed by atoms with Crippen LogP contribution >= 0.6 is 0 Å². The number of nitrogens with two attached hydrogens (primary N) is 1. The maximum absolute atomic E-state index is 11.1. The van der Waals surface area contributed by atoms with E-state index in [1.54, 1.807) is 7.11 Å². The summed E-state index contributed by atoms with van der Waals surface area (Å²) < 4.78 is 5.17. The predicted octanol–water partition coefficient (Wildman–Crippen LogP) is 2.67. The van der Waals surface area contributed by atoms with E-state index >= 15 is 0 Å². The number of ether oxygens (including phenoxy) is 1. The molecule has 0 amide bonds. The van der Waals surface area contributed by atoms with Crippen LogP contribution in [-0.4, -0.2) is 18.8 Å². The van der Waals surface area contributed by atoms with Crippen molar-refractivity contribution in [2.45, 2.75) is 38.7 Å². The first-order chi connectivity index (χ1) is 8.95. The van der Waals surface area contributed by atoms with Gasteiger partial charge in [-0.25, -0.2) is 0 Å². The van der Waals surface area contributed by atoms with Crippen LogP contribution in [0.1, 0.15) is 38.7 Å². The fraction of sp³-hybridized carbons (Fsp3) is 0.625. The van der Waals surface area contributed by atoms with Crippen molar-refractivity contribution in [3.05, 3.63) is 29.8 Å². The fourth-order valence-electron chi connectivity index (χ4n) is 3.44. The topological polar surface area (TPSA) is 55.5 Å². The Kier molecular flexibility index (Phi) is 3.88. The molecule has 3 heteroatoms. The van der Waals surface area contributed by atoms with E-state index in [2.05, 4.69) is 6.92 Å². The molecule has 0 aliphatic heterocycles. The Hall–Kier alpha value is -1.06. The van der Waals surface area contributed by atoms with Crippen LogP contribution in [0, 0.1) is 11.3 Å². The van der Waals surface area contributed by atoms with Gasteiger partial charge in [0.2, 0.25) is 0 Å². The minimum atomic E-state index is -0.890. The predicted molar refractivity (Wildman–Crippen MR) is 77.1 cm³/mol. The Bertz CT molecular complexity index is 427. The van der Waals surface area contributed by atoms with Gasteiger partial charge in [0.15, 0.2) is 0 Å². The average Bonchev–Trinajstić information content (AvgIpc) is 2.82. The molecule has 2 rings (SSSR count). The molecule has 106 valence electrons. The average molecular weight is 263 g/mol. The van der Waals surface area contributed by atoms with E-state index in [9.17, 15) is 5.11 Å². The quantitative estimate of drug-likeness (QED) is 0.878. The SMILES string of the molecule is COc1ccc(C(C)(O)C2(CN)CCC(C)C2)cc1. The van der Waals surface area contributed by atoms with Crippen molar-refractivity contribution >= 4 is 0 Å². The summed E-state index contributed by atoms with van der Waals surface area (Å²) in [6.45, 7) is 4.66. The van der Waals surface area contributed by atoms with Crippen LogP contribution in [0.4, 0.5) is 0 Å². The zero-order valence-electron chi connectivity index (χ0n) is 12.1. The van der Waals surface area contributed by atoms with Crippen LogP contribution in [0.15, 0.2) is 24.3 Å². The van der Waals surface area contributed by atoms with E-state index in [-0.39, 0.29) is 5.41 Å². The highest BCUT2D eigenvalue weighted by molar-refractivity contribution is 5.32. The van der Waals surface area contributed by atoms with Crippen molar-refractivity contribution in [1.29, 1.82) is 0 Å². The molecule has 1 aliphatic carbocycles. The lowest BCUT2D eigenvalue weighted by Crippen LogP contribution is -2.47. The molecule has 0 saturated heterocycles. The summed E-state index contributed by atoms with van der Waals surface area (Å²) in [7, 11) is 1.65. The van der Waals surface area contributed by atoms with Gasteiger partial charge in [0.25, 0.3) is 0 Å². The van der Waals surface area contributed by atoms with E-state index in [1.807, 2.05) is 31.2 Å². The Morgan fingerprint density at radius 1 is 1.42 bits per heavy atom. The number of benzene rings is 1. The van der Waals surface area contributed by atoms with Gasteiger partial charge >= 0.3 is 0 Å². The highest BCUT2D eigenvalue weighted by Crippen LogP contribution is 2.52. The zero-order valence-corrected chi connectivity index (χ0v) is 12.1. The van der Waals surface area contributed by atoms with Gasteiger partial charge < -0.3 is 15.6 Å². The highest BCUT2D eigenvalue weighted by Gasteiger charge is 2.50. The fourth-order valence-corrected chi connectivity index (χ4v) is 3.44. The number of hydrogen-bond donors (Lipinski definition) is 2. The molecular weight excluding hydrogens is 238 g/mol. The Morgan fingerprint density at radius 3 is 2.47 bits per heavy atom. The molecule has 3 atom stereocenters. The first kappa shape index (κ1) is 14.4. The summed E-state index contributed by atoms with van der Waals surface area (Å²) in [6.07, 6.45) is 3.12. The number of rotatable bonds is 4. The molecule has 0 heterocycles. The third kappa shape index (κ3) is 2.37. The third-order valence-corrected chi connectivity index (χ3v) is 4.93. The largest absolute Gasteiger partial charge is 0.497 e. The minimum absolute atomic E-state index is 0.207. The first-order valence-electron chi connectivity index (χ1n) is 7.02. The molecule has 0 spiro atoms. The molecule has 0 radical (unpaired) electrons. The lowest BCUT2D eigenvalue weighted by molar-refractivity contribution is -0.0711. The van der Waals surface area contributed by atoms with Crippen molar-refractivity contribution in [2.75, 3.05) is 13.7 Å². The molecule has 3 N–H and O–H groups in total. The molecule has 1 aliphatic rings. The van der Waals surface area contributed by atoms with Crippen LogP contribution < -0.4 is 10.5 Å². The van der Waals surface area contributed by atoms with Crippen LogP contribution in [0.25, 0.3) is 0 Å². The van der Waals surface area contributed by atoms with Gasteiger partial charge in [-0.3, -0.25) is 0 Å². The van der Waals surface area contributed by atoms with E-state index in [0.717, 1.165) is 30.6 Å². The van der Waals surface area contributed by atoms with Gasteiger partial charge in [-0.2, -0.15) is 0 Å². The van der Waals surface area contributed by atoms with Gasteiger partial charge in [-0.15, -0.1) is 0 Å². The molecule has 1 aromatic carbocycles. The molecule has 1 aromatic rings. The summed E-state index contributed by atoms with van der Waals surface area (Å²) in [4.78, 5) is 0. The first-order valence-corrected chi connectivity index (χ1v) is 7.02. The second-order valence-electron chi connectivity index (χ2n) is 6.13. The van der Waals surface area contributed by atoms with Crippen molar-refractivity contribution in [1.82, 2.24) is 0 Å². The molecule has 19 heavy (non-hydrogen) atoms. The molecule has 3 unspecified atom stereocenters. The van der Waals surface area contributed by atoms with E-state index in [1.165, 1.54) is 0 Å². The third-order valence-electron chi connectivity index (χ3n) is 4.93. The molecule has 1 saturated carbocycles.